The molecule has 1 heterocycles. The van der Waals surface area contributed by atoms with E-state index in [1.165, 1.54) is 21.9 Å². The molecule has 0 aliphatic heterocycles. The van der Waals surface area contributed by atoms with Crippen LogP contribution >= 0.6 is 11.3 Å². The average molecular weight is 295 g/mol. The highest BCUT2D eigenvalue weighted by Gasteiger charge is 2.18. The third-order valence-corrected chi connectivity index (χ3v) is 4.25. The van der Waals surface area contributed by atoms with Crippen LogP contribution in [-0.2, 0) is 0 Å². The van der Waals surface area contributed by atoms with Gasteiger partial charge in [0.25, 0.3) is 0 Å². The van der Waals surface area contributed by atoms with Crippen LogP contribution in [0.25, 0.3) is 0 Å². The molecule has 1 N–H and O–H groups in total. The van der Waals surface area contributed by atoms with Crippen molar-refractivity contribution in [3.8, 4) is 0 Å². The van der Waals surface area contributed by atoms with Crippen LogP contribution in [-0.4, -0.2) is 6.54 Å². The summed E-state index contributed by atoms with van der Waals surface area (Å²) in [5.41, 5.74) is 1.91. The molecule has 0 saturated heterocycles. The van der Waals surface area contributed by atoms with Gasteiger partial charge in [-0.25, -0.2) is 8.78 Å². The van der Waals surface area contributed by atoms with Crippen LogP contribution in [0, 0.1) is 25.5 Å². The Morgan fingerprint density at radius 2 is 1.90 bits per heavy atom. The molecule has 20 heavy (non-hydrogen) atoms. The molecule has 1 aromatic carbocycles. The molecule has 0 spiro atoms. The number of hydrogen-bond acceptors (Lipinski definition) is 2. The second-order valence-electron chi connectivity index (χ2n) is 4.93. The van der Waals surface area contributed by atoms with Crippen molar-refractivity contribution < 1.29 is 8.78 Å². The molecule has 0 radical (unpaired) electrons. The van der Waals surface area contributed by atoms with Crippen molar-refractivity contribution in [2.75, 3.05) is 6.54 Å². The average Bonchev–Trinajstić information content (AvgIpc) is 2.73. The lowest BCUT2D eigenvalue weighted by Gasteiger charge is -2.19. The molecule has 1 aromatic heterocycles. The molecule has 0 aliphatic rings. The predicted octanol–water partition coefficient (Wildman–Crippen LogP) is 4.73. The van der Waals surface area contributed by atoms with Gasteiger partial charge in [0.2, 0.25) is 0 Å². The van der Waals surface area contributed by atoms with Crippen LogP contribution in [0.15, 0.2) is 24.3 Å². The normalized spacial score (nSPS) is 12.7. The van der Waals surface area contributed by atoms with Crippen LogP contribution in [0.4, 0.5) is 8.78 Å². The monoisotopic (exact) mass is 295 g/mol. The summed E-state index contributed by atoms with van der Waals surface area (Å²) in [4.78, 5) is 2.43. The predicted molar refractivity (Wildman–Crippen MR) is 80.3 cm³/mol. The maximum Gasteiger partial charge on any atom is 0.159 e. The maximum absolute atomic E-state index is 13.5. The molecule has 1 unspecified atom stereocenters. The highest BCUT2D eigenvalue weighted by molar-refractivity contribution is 7.12. The van der Waals surface area contributed by atoms with E-state index in [4.69, 9.17) is 0 Å². The van der Waals surface area contributed by atoms with Gasteiger partial charge in [0.15, 0.2) is 11.6 Å². The van der Waals surface area contributed by atoms with Gasteiger partial charge in [0, 0.05) is 9.75 Å². The first-order chi connectivity index (χ1) is 9.52. The van der Waals surface area contributed by atoms with E-state index in [0.717, 1.165) is 24.1 Å². The Hall–Kier alpha value is -1.26. The van der Waals surface area contributed by atoms with Crippen LogP contribution in [0.1, 0.15) is 40.3 Å². The van der Waals surface area contributed by atoms with Gasteiger partial charge < -0.3 is 5.32 Å². The molecule has 0 fully saturated rings. The van der Waals surface area contributed by atoms with Crippen molar-refractivity contribution in [1.29, 1.82) is 0 Å². The third kappa shape index (κ3) is 3.25. The smallest absolute Gasteiger partial charge is 0.159 e. The minimum Gasteiger partial charge on any atom is -0.306 e. The Bertz CT molecular complexity index is 592. The summed E-state index contributed by atoms with van der Waals surface area (Å²) < 4.78 is 26.6. The quantitative estimate of drug-likeness (QED) is 0.840. The molecule has 0 amide bonds. The minimum absolute atomic E-state index is 0.0880. The SMILES string of the molecule is CCCNC(c1ccc(F)c(F)c1)c1cc(C)sc1C. The zero-order chi connectivity index (χ0) is 14.7. The fourth-order valence-electron chi connectivity index (χ4n) is 2.33. The first-order valence-electron chi connectivity index (χ1n) is 6.78. The Balaban J connectivity index is 2.41. The fourth-order valence-corrected chi connectivity index (χ4v) is 3.29. The fraction of sp³-hybridized carbons (Fsp3) is 0.375. The molecule has 0 aliphatic carbocycles. The van der Waals surface area contributed by atoms with Gasteiger partial charge >= 0.3 is 0 Å². The molecular weight excluding hydrogens is 276 g/mol. The van der Waals surface area contributed by atoms with Gasteiger partial charge in [-0.1, -0.05) is 13.0 Å². The number of thiophene rings is 1. The molecule has 1 atom stereocenters. The highest BCUT2D eigenvalue weighted by Crippen LogP contribution is 2.31. The van der Waals surface area contributed by atoms with Crippen LogP contribution in [0.3, 0.4) is 0 Å². The van der Waals surface area contributed by atoms with Gasteiger partial charge in [-0.15, -0.1) is 11.3 Å². The molecule has 2 rings (SSSR count). The zero-order valence-electron chi connectivity index (χ0n) is 12.0. The molecule has 2 aromatic rings. The van der Waals surface area contributed by atoms with Gasteiger partial charge in [0.05, 0.1) is 6.04 Å². The highest BCUT2D eigenvalue weighted by atomic mass is 32.1. The van der Waals surface area contributed by atoms with Gasteiger partial charge in [0.1, 0.15) is 0 Å². The van der Waals surface area contributed by atoms with E-state index >= 15 is 0 Å². The molecule has 1 nitrogen and oxygen atoms in total. The van der Waals surface area contributed by atoms with Crippen LogP contribution < -0.4 is 5.32 Å². The molecular formula is C16H19F2NS. The molecule has 0 bridgehead atoms. The first kappa shape index (κ1) is 15.1. The van der Waals surface area contributed by atoms with Crippen LogP contribution in [0.5, 0.6) is 0 Å². The summed E-state index contributed by atoms with van der Waals surface area (Å²) >= 11 is 1.73. The van der Waals surface area contributed by atoms with Crippen molar-refractivity contribution in [3.05, 3.63) is 56.8 Å². The molecule has 108 valence electrons. The maximum atomic E-state index is 13.5. The zero-order valence-corrected chi connectivity index (χ0v) is 12.8. The van der Waals surface area contributed by atoms with E-state index in [1.54, 1.807) is 17.4 Å². The number of benzene rings is 1. The number of aryl methyl sites for hydroxylation is 2. The summed E-state index contributed by atoms with van der Waals surface area (Å²) in [6, 6.07) is 6.16. The Morgan fingerprint density at radius 1 is 1.15 bits per heavy atom. The second-order valence-corrected chi connectivity index (χ2v) is 6.39. The van der Waals surface area contributed by atoms with E-state index in [9.17, 15) is 8.78 Å². The summed E-state index contributed by atoms with van der Waals surface area (Å²) in [5, 5.41) is 3.42. The lowest BCUT2D eigenvalue weighted by Crippen LogP contribution is -2.23. The topological polar surface area (TPSA) is 12.0 Å². The van der Waals surface area contributed by atoms with E-state index < -0.39 is 11.6 Å². The van der Waals surface area contributed by atoms with Crippen molar-refractivity contribution in [2.24, 2.45) is 0 Å². The summed E-state index contributed by atoms with van der Waals surface area (Å²) in [5.74, 6) is -1.60. The van der Waals surface area contributed by atoms with Gasteiger partial charge in [-0.2, -0.15) is 0 Å². The summed E-state index contributed by atoms with van der Waals surface area (Å²) in [6.07, 6.45) is 0.988. The minimum atomic E-state index is -0.804. The van der Waals surface area contributed by atoms with Gasteiger partial charge in [-0.3, -0.25) is 0 Å². The third-order valence-electron chi connectivity index (χ3n) is 3.27. The van der Waals surface area contributed by atoms with Gasteiger partial charge in [-0.05, 0) is 56.1 Å². The van der Waals surface area contributed by atoms with Crippen molar-refractivity contribution in [2.45, 2.75) is 33.2 Å². The van der Waals surface area contributed by atoms with E-state index in [-0.39, 0.29) is 6.04 Å². The Morgan fingerprint density at radius 3 is 2.45 bits per heavy atom. The summed E-state index contributed by atoms with van der Waals surface area (Å²) in [6.45, 7) is 7.04. The van der Waals surface area contributed by atoms with E-state index in [2.05, 4.69) is 32.2 Å². The lowest BCUT2D eigenvalue weighted by atomic mass is 9.98. The number of halogens is 2. The molecule has 0 saturated carbocycles. The van der Waals surface area contributed by atoms with Crippen molar-refractivity contribution in [1.82, 2.24) is 5.32 Å². The summed E-state index contributed by atoms with van der Waals surface area (Å²) in [7, 11) is 0. The first-order valence-corrected chi connectivity index (χ1v) is 7.59. The van der Waals surface area contributed by atoms with Crippen LogP contribution in [0.2, 0.25) is 0 Å². The van der Waals surface area contributed by atoms with Crippen molar-refractivity contribution in [3.63, 3.8) is 0 Å². The number of rotatable bonds is 5. The number of hydrogen-bond donors (Lipinski definition) is 1. The van der Waals surface area contributed by atoms with E-state index in [0.29, 0.717) is 0 Å². The largest absolute Gasteiger partial charge is 0.306 e. The molecule has 4 heteroatoms. The lowest BCUT2D eigenvalue weighted by molar-refractivity contribution is 0.503. The second kappa shape index (κ2) is 6.46. The standard InChI is InChI=1S/C16H19F2NS/c1-4-7-19-16(13-8-10(2)20-11(13)3)12-5-6-14(17)15(18)9-12/h5-6,8-9,16,19H,4,7H2,1-3H3. The van der Waals surface area contributed by atoms with E-state index in [1.807, 2.05) is 0 Å². The Labute approximate surface area is 122 Å². The number of nitrogens with one attached hydrogen (secondary N) is 1. The van der Waals surface area contributed by atoms with Crippen molar-refractivity contribution >= 4 is 11.3 Å². The Kier molecular flexibility index (Phi) is 4.89.